The Labute approximate surface area is 92.3 Å². The number of nitrogens with zero attached hydrogens (tertiary/aromatic N) is 2. The van der Waals surface area contributed by atoms with Gasteiger partial charge in [-0.2, -0.15) is 0 Å². The molecule has 1 aromatic carbocycles. The predicted molar refractivity (Wildman–Crippen MR) is 64.9 cm³/mol. The minimum atomic E-state index is 0.569. The Morgan fingerprint density at radius 1 is 1.40 bits per heavy atom. The van der Waals surface area contributed by atoms with Gasteiger partial charge in [0.25, 0.3) is 0 Å². The number of ether oxygens (including phenoxy) is 1. The van der Waals surface area contributed by atoms with Crippen LogP contribution in [0.25, 0.3) is 10.2 Å². The Bertz CT molecular complexity index is 493. The molecule has 2 aromatic rings. The normalized spacial score (nSPS) is 10.6. The molecule has 0 unspecified atom stereocenters. The zero-order valence-corrected chi connectivity index (χ0v) is 9.76. The van der Waals surface area contributed by atoms with Crippen LogP contribution in [0.15, 0.2) is 12.1 Å². The number of rotatable bonds is 2. The molecule has 5 heteroatoms. The number of thiazole rings is 1. The molecule has 2 N–H and O–H groups in total. The van der Waals surface area contributed by atoms with Crippen molar-refractivity contribution in [1.82, 2.24) is 4.98 Å². The topological polar surface area (TPSA) is 51.4 Å². The van der Waals surface area contributed by atoms with Crippen molar-refractivity contribution in [2.24, 2.45) is 0 Å². The van der Waals surface area contributed by atoms with Crippen molar-refractivity contribution in [2.75, 3.05) is 31.8 Å². The SMILES string of the molecule is COc1cc(N(C)C)cc2sc(N)nc12. The number of nitrogens with two attached hydrogens (primary N) is 1. The maximum absolute atomic E-state index is 5.68. The van der Waals surface area contributed by atoms with Crippen LogP contribution >= 0.6 is 11.3 Å². The Morgan fingerprint density at radius 3 is 2.73 bits per heavy atom. The quantitative estimate of drug-likeness (QED) is 0.845. The Kier molecular flexibility index (Phi) is 2.40. The predicted octanol–water partition coefficient (Wildman–Crippen LogP) is 1.95. The van der Waals surface area contributed by atoms with E-state index in [2.05, 4.69) is 11.1 Å². The smallest absolute Gasteiger partial charge is 0.181 e. The van der Waals surface area contributed by atoms with Gasteiger partial charge in [0.15, 0.2) is 5.13 Å². The number of nitrogen functional groups attached to an aromatic ring is 1. The first-order valence-corrected chi connectivity index (χ1v) is 5.35. The van der Waals surface area contributed by atoms with Gasteiger partial charge in [0.2, 0.25) is 0 Å². The molecular weight excluding hydrogens is 210 g/mol. The van der Waals surface area contributed by atoms with Crippen LogP contribution in [0.5, 0.6) is 5.75 Å². The molecule has 0 bridgehead atoms. The second-order valence-electron chi connectivity index (χ2n) is 3.44. The summed E-state index contributed by atoms with van der Waals surface area (Å²) in [5, 5.41) is 0.569. The van der Waals surface area contributed by atoms with Crippen LogP contribution in [-0.4, -0.2) is 26.2 Å². The first-order chi connectivity index (χ1) is 7.11. The molecule has 0 amide bonds. The van der Waals surface area contributed by atoms with Crippen LogP contribution in [0.2, 0.25) is 0 Å². The van der Waals surface area contributed by atoms with Crippen molar-refractivity contribution in [3.05, 3.63) is 12.1 Å². The van der Waals surface area contributed by atoms with Crippen molar-refractivity contribution in [2.45, 2.75) is 0 Å². The molecular formula is C10H13N3OS. The fourth-order valence-corrected chi connectivity index (χ4v) is 2.20. The fraction of sp³-hybridized carbons (Fsp3) is 0.300. The Morgan fingerprint density at radius 2 is 2.13 bits per heavy atom. The summed E-state index contributed by atoms with van der Waals surface area (Å²) in [6, 6.07) is 4.02. The van der Waals surface area contributed by atoms with Crippen LogP contribution in [0, 0.1) is 0 Å². The average Bonchev–Trinajstić information content (AvgIpc) is 2.56. The lowest BCUT2D eigenvalue weighted by molar-refractivity contribution is 0.419. The number of fused-ring (bicyclic) bond motifs is 1. The van der Waals surface area contributed by atoms with Crippen molar-refractivity contribution in [1.29, 1.82) is 0 Å². The van der Waals surface area contributed by atoms with E-state index >= 15 is 0 Å². The second-order valence-corrected chi connectivity index (χ2v) is 4.50. The number of methoxy groups -OCH3 is 1. The maximum atomic E-state index is 5.68. The number of anilines is 2. The highest BCUT2D eigenvalue weighted by molar-refractivity contribution is 7.22. The van der Waals surface area contributed by atoms with Crippen LogP contribution in [0.3, 0.4) is 0 Å². The highest BCUT2D eigenvalue weighted by atomic mass is 32.1. The minimum absolute atomic E-state index is 0.569. The van der Waals surface area contributed by atoms with Gasteiger partial charge < -0.3 is 15.4 Å². The average molecular weight is 223 g/mol. The minimum Gasteiger partial charge on any atom is -0.494 e. The molecule has 0 saturated heterocycles. The summed E-state index contributed by atoms with van der Waals surface area (Å²) < 4.78 is 6.34. The molecule has 80 valence electrons. The molecule has 0 aliphatic carbocycles. The Hall–Kier alpha value is -1.49. The first kappa shape index (κ1) is 10.0. The summed E-state index contributed by atoms with van der Waals surface area (Å²) >= 11 is 1.47. The monoisotopic (exact) mass is 223 g/mol. The third-order valence-corrected chi connectivity index (χ3v) is 3.03. The summed E-state index contributed by atoms with van der Waals surface area (Å²) in [7, 11) is 5.62. The zero-order chi connectivity index (χ0) is 11.0. The van der Waals surface area contributed by atoms with Gasteiger partial charge in [0.1, 0.15) is 11.3 Å². The lowest BCUT2D eigenvalue weighted by Crippen LogP contribution is -2.08. The van der Waals surface area contributed by atoms with Crippen LogP contribution < -0.4 is 15.4 Å². The van der Waals surface area contributed by atoms with Gasteiger partial charge in [-0.15, -0.1) is 0 Å². The highest BCUT2D eigenvalue weighted by Crippen LogP contribution is 2.34. The van der Waals surface area contributed by atoms with Gasteiger partial charge >= 0.3 is 0 Å². The molecule has 0 spiro atoms. The van der Waals surface area contributed by atoms with E-state index in [9.17, 15) is 0 Å². The number of hydrogen-bond donors (Lipinski definition) is 1. The molecule has 0 atom stereocenters. The molecule has 0 saturated carbocycles. The zero-order valence-electron chi connectivity index (χ0n) is 8.94. The van der Waals surface area contributed by atoms with Crippen molar-refractivity contribution < 1.29 is 4.74 Å². The molecule has 2 rings (SSSR count). The summed E-state index contributed by atoms with van der Waals surface area (Å²) in [4.78, 5) is 6.26. The first-order valence-electron chi connectivity index (χ1n) is 4.53. The van der Waals surface area contributed by atoms with Gasteiger partial charge in [-0.3, -0.25) is 0 Å². The molecule has 4 nitrogen and oxygen atoms in total. The number of benzene rings is 1. The summed E-state index contributed by atoms with van der Waals surface area (Å²) in [5.41, 5.74) is 7.60. The molecule has 0 fully saturated rings. The lowest BCUT2D eigenvalue weighted by atomic mass is 10.2. The van der Waals surface area contributed by atoms with Crippen LogP contribution in [-0.2, 0) is 0 Å². The van der Waals surface area contributed by atoms with E-state index < -0.39 is 0 Å². The Balaban J connectivity index is 2.70. The van der Waals surface area contributed by atoms with E-state index in [1.807, 2.05) is 25.1 Å². The second kappa shape index (κ2) is 3.58. The molecule has 0 aliphatic heterocycles. The highest BCUT2D eigenvalue weighted by Gasteiger charge is 2.10. The lowest BCUT2D eigenvalue weighted by Gasteiger charge is -2.13. The summed E-state index contributed by atoms with van der Waals surface area (Å²) in [6.45, 7) is 0. The fourth-order valence-electron chi connectivity index (χ4n) is 1.42. The van der Waals surface area contributed by atoms with E-state index in [0.29, 0.717) is 5.13 Å². The largest absolute Gasteiger partial charge is 0.494 e. The van der Waals surface area contributed by atoms with Gasteiger partial charge in [0.05, 0.1) is 11.8 Å². The van der Waals surface area contributed by atoms with Crippen molar-refractivity contribution in [3.8, 4) is 5.75 Å². The third-order valence-electron chi connectivity index (χ3n) is 2.20. The van der Waals surface area contributed by atoms with Crippen molar-refractivity contribution >= 4 is 32.4 Å². The van der Waals surface area contributed by atoms with Crippen LogP contribution in [0.4, 0.5) is 10.8 Å². The molecule has 1 heterocycles. The maximum Gasteiger partial charge on any atom is 0.181 e. The summed E-state index contributed by atoms with van der Waals surface area (Å²) in [6.07, 6.45) is 0. The summed E-state index contributed by atoms with van der Waals surface area (Å²) in [5.74, 6) is 0.768. The van der Waals surface area contributed by atoms with Gasteiger partial charge in [-0.25, -0.2) is 4.98 Å². The molecule has 0 aliphatic rings. The van der Waals surface area contributed by atoms with Gasteiger partial charge in [-0.1, -0.05) is 11.3 Å². The van der Waals surface area contributed by atoms with E-state index in [0.717, 1.165) is 21.7 Å². The molecule has 1 aromatic heterocycles. The number of hydrogen-bond acceptors (Lipinski definition) is 5. The third kappa shape index (κ3) is 1.70. The van der Waals surface area contributed by atoms with Crippen LogP contribution in [0.1, 0.15) is 0 Å². The van der Waals surface area contributed by atoms with E-state index in [1.165, 1.54) is 11.3 Å². The van der Waals surface area contributed by atoms with Gasteiger partial charge in [0, 0.05) is 25.8 Å². The van der Waals surface area contributed by atoms with E-state index in [1.54, 1.807) is 7.11 Å². The van der Waals surface area contributed by atoms with E-state index in [-0.39, 0.29) is 0 Å². The van der Waals surface area contributed by atoms with Crippen molar-refractivity contribution in [3.63, 3.8) is 0 Å². The van der Waals surface area contributed by atoms with E-state index in [4.69, 9.17) is 10.5 Å². The van der Waals surface area contributed by atoms with Gasteiger partial charge in [-0.05, 0) is 6.07 Å². The molecule has 0 radical (unpaired) electrons. The molecule has 15 heavy (non-hydrogen) atoms. The standard InChI is InChI=1S/C10H13N3OS/c1-13(2)6-4-7(14-3)9-8(5-6)15-10(11)12-9/h4-5H,1-3H3,(H2,11,12). The number of aromatic nitrogens is 1.